The molecule has 5 nitrogen and oxygen atoms in total. The zero-order valence-corrected chi connectivity index (χ0v) is 17.7. The first-order valence-electron chi connectivity index (χ1n) is 10.7. The van der Waals surface area contributed by atoms with Crippen molar-refractivity contribution in [1.29, 1.82) is 0 Å². The van der Waals surface area contributed by atoms with Crippen molar-refractivity contribution >= 4 is 11.3 Å². The number of nitrogens with zero attached hydrogens (tertiary/aromatic N) is 3. The summed E-state index contributed by atoms with van der Waals surface area (Å²) in [5.41, 5.74) is 2.74. The molecule has 0 radical (unpaired) electrons. The Morgan fingerprint density at radius 3 is 2.77 bits per heavy atom. The highest BCUT2D eigenvalue weighted by molar-refractivity contribution is 7.15. The van der Waals surface area contributed by atoms with Crippen molar-refractivity contribution in [3.05, 3.63) is 68.6 Å². The van der Waals surface area contributed by atoms with Gasteiger partial charge in [-0.3, -0.25) is 9.69 Å². The molecular formula is C23H25FN4OS. The molecule has 1 aliphatic heterocycles. The molecule has 0 unspecified atom stereocenters. The predicted molar refractivity (Wildman–Crippen MR) is 116 cm³/mol. The molecule has 0 atom stereocenters. The molecular weight excluding hydrogens is 399 g/mol. The Bertz CT molecular complexity index is 1090. The highest BCUT2D eigenvalue weighted by Gasteiger charge is 2.25. The van der Waals surface area contributed by atoms with Crippen molar-refractivity contribution in [3.63, 3.8) is 0 Å². The highest BCUT2D eigenvalue weighted by Crippen LogP contribution is 2.31. The normalized spacial score (nSPS) is 17.8. The second-order valence-corrected chi connectivity index (χ2v) is 9.43. The molecule has 2 aliphatic rings. The third kappa shape index (κ3) is 4.09. The molecule has 3 aromatic rings. The summed E-state index contributed by atoms with van der Waals surface area (Å²) in [4.78, 5) is 28.6. The molecule has 0 bridgehead atoms. The van der Waals surface area contributed by atoms with Crippen molar-refractivity contribution in [2.24, 2.45) is 0 Å². The molecule has 156 valence electrons. The molecule has 2 aromatic heterocycles. The van der Waals surface area contributed by atoms with E-state index in [1.165, 1.54) is 31.4 Å². The minimum absolute atomic E-state index is 0.0292. The number of halogens is 1. The lowest BCUT2D eigenvalue weighted by Gasteiger charge is -2.28. The number of fused-ring (bicyclic) bond motifs is 1. The average Bonchev–Trinajstić information content (AvgIpc) is 3.23. The summed E-state index contributed by atoms with van der Waals surface area (Å²) < 4.78 is 13.1. The van der Waals surface area contributed by atoms with E-state index < -0.39 is 0 Å². The van der Waals surface area contributed by atoms with Crippen LogP contribution in [0.3, 0.4) is 0 Å². The third-order valence-electron chi connectivity index (χ3n) is 6.18. The number of aromatic amines is 1. The van der Waals surface area contributed by atoms with Gasteiger partial charge in [-0.05, 0) is 37.1 Å². The van der Waals surface area contributed by atoms with Gasteiger partial charge < -0.3 is 4.98 Å². The van der Waals surface area contributed by atoms with Gasteiger partial charge in [-0.15, -0.1) is 11.3 Å². The van der Waals surface area contributed by atoms with Crippen LogP contribution in [-0.4, -0.2) is 26.4 Å². The Kier molecular flexibility index (Phi) is 5.48. The SMILES string of the molecule is O=c1[nH]c(C2CCCCC2)nc2c1CN(Cc1cnc(-c3ccc(F)cc3)s1)CC2. The van der Waals surface area contributed by atoms with Gasteiger partial charge in [0, 0.05) is 48.6 Å². The minimum Gasteiger partial charge on any atom is -0.310 e. The molecule has 1 saturated carbocycles. The number of thiazole rings is 1. The van der Waals surface area contributed by atoms with Gasteiger partial charge in [0.25, 0.3) is 5.56 Å². The van der Waals surface area contributed by atoms with E-state index in [2.05, 4.69) is 14.9 Å². The maximum atomic E-state index is 13.1. The van der Waals surface area contributed by atoms with E-state index in [1.807, 2.05) is 6.20 Å². The fraction of sp³-hybridized carbons (Fsp3) is 0.435. The van der Waals surface area contributed by atoms with Crippen LogP contribution in [0.1, 0.15) is 60.0 Å². The fourth-order valence-corrected chi connectivity index (χ4v) is 5.49. The lowest BCUT2D eigenvalue weighted by atomic mass is 9.88. The van der Waals surface area contributed by atoms with Gasteiger partial charge in [-0.1, -0.05) is 19.3 Å². The molecule has 0 spiro atoms. The fourth-order valence-electron chi connectivity index (χ4n) is 4.53. The van der Waals surface area contributed by atoms with Gasteiger partial charge in [0.1, 0.15) is 16.6 Å². The number of nitrogens with one attached hydrogen (secondary N) is 1. The maximum Gasteiger partial charge on any atom is 0.255 e. The molecule has 1 fully saturated rings. The van der Waals surface area contributed by atoms with Gasteiger partial charge in [-0.2, -0.15) is 0 Å². The zero-order valence-electron chi connectivity index (χ0n) is 16.9. The van der Waals surface area contributed by atoms with E-state index in [1.54, 1.807) is 23.5 Å². The number of aromatic nitrogens is 3. The smallest absolute Gasteiger partial charge is 0.255 e. The maximum absolute atomic E-state index is 13.1. The first-order valence-corrected chi connectivity index (χ1v) is 11.5. The summed E-state index contributed by atoms with van der Waals surface area (Å²) in [6.07, 6.45) is 8.71. The van der Waals surface area contributed by atoms with Crippen molar-refractivity contribution in [3.8, 4) is 10.6 Å². The summed E-state index contributed by atoms with van der Waals surface area (Å²) in [6, 6.07) is 6.42. The quantitative estimate of drug-likeness (QED) is 0.663. The number of benzene rings is 1. The number of rotatable bonds is 4. The first kappa shape index (κ1) is 19.6. The monoisotopic (exact) mass is 424 g/mol. The summed E-state index contributed by atoms with van der Waals surface area (Å²) in [6.45, 7) is 2.26. The van der Waals surface area contributed by atoms with Gasteiger partial charge in [0.05, 0.1) is 11.3 Å². The second-order valence-electron chi connectivity index (χ2n) is 8.31. The average molecular weight is 425 g/mol. The second kappa shape index (κ2) is 8.40. The van der Waals surface area contributed by atoms with Crippen LogP contribution in [0.15, 0.2) is 35.3 Å². The first-order chi connectivity index (χ1) is 14.7. The van der Waals surface area contributed by atoms with Crippen LogP contribution in [0.4, 0.5) is 4.39 Å². The molecule has 0 saturated heterocycles. The number of hydrogen-bond donors (Lipinski definition) is 1. The van der Waals surface area contributed by atoms with E-state index >= 15 is 0 Å². The molecule has 1 N–H and O–H groups in total. The van der Waals surface area contributed by atoms with Crippen LogP contribution >= 0.6 is 11.3 Å². The van der Waals surface area contributed by atoms with E-state index in [4.69, 9.17) is 4.98 Å². The van der Waals surface area contributed by atoms with Crippen molar-refractivity contribution in [1.82, 2.24) is 19.9 Å². The Hall–Kier alpha value is -2.38. The van der Waals surface area contributed by atoms with Crippen molar-refractivity contribution in [2.75, 3.05) is 6.54 Å². The van der Waals surface area contributed by atoms with Crippen LogP contribution in [-0.2, 0) is 19.5 Å². The van der Waals surface area contributed by atoms with Gasteiger partial charge in [0.2, 0.25) is 0 Å². The minimum atomic E-state index is -0.243. The zero-order chi connectivity index (χ0) is 20.5. The molecule has 3 heterocycles. The highest BCUT2D eigenvalue weighted by atomic mass is 32.1. The van der Waals surface area contributed by atoms with E-state index in [9.17, 15) is 9.18 Å². The lowest BCUT2D eigenvalue weighted by Crippen LogP contribution is -2.36. The molecule has 5 rings (SSSR count). The topological polar surface area (TPSA) is 61.9 Å². The van der Waals surface area contributed by atoms with E-state index in [0.29, 0.717) is 12.5 Å². The Morgan fingerprint density at radius 1 is 1.17 bits per heavy atom. The largest absolute Gasteiger partial charge is 0.310 e. The molecule has 30 heavy (non-hydrogen) atoms. The van der Waals surface area contributed by atoms with Crippen LogP contribution in [0.25, 0.3) is 10.6 Å². The van der Waals surface area contributed by atoms with Gasteiger partial charge >= 0.3 is 0 Å². The molecule has 7 heteroatoms. The lowest BCUT2D eigenvalue weighted by molar-refractivity contribution is 0.243. The van der Waals surface area contributed by atoms with Gasteiger partial charge in [0.15, 0.2) is 0 Å². The molecule has 1 aromatic carbocycles. The Balaban J connectivity index is 1.29. The summed E-state index contributed by atoms with van der Waals surface area (Å²) >= 11 is 1.62. The third-order valence-corrected chi connectivity index (χ3v) is 7.21. The van der Waals surface area contributed by atoms with Crippen LogP contribution in [0, 0.1) is 5.82 Å². The molecule has 0 amide bonds. The van der Waals surface area contributed by atoms with Crippen molar-refractivity contribution in [2.45, 2.75) is 57.5 Å². The van der Waals surface area contributed by atoms with Crippen LogP contribution in [0.2, 0.25) is 0 Å². The Morgan fingerprint density at radius 2 is 1.97 bits per heavy atom. The summed E-state index contributed by atoms with van der Waals surface area (Å²) in [5.74, 6) is 1.07. The molecule has 1 aliphatic carbocycles. The summed E-state index contributed by atoms with van der Waals surface area (Å²) in [5, 5.41) is 0.888. The predicted octanol–water partition coefficient (Wildman–Crippen LogP) is 4.64. The standard InChI is InChI=1S/C23H25FN4OS/c24-17-8-6-16(7-9-17)23-25-12-18(30-23)13-28-11-10-20-19(14-28)22(29)27-21(26-20)15-4-2-1-3-5-15/h6-9,12,15H,1-5,10-11,13-14H2,(H,26,27,29). The van der Waals surface area contributed by atoms with Crippen LogP contribution in [0.5, 0.6) is 0 Å². The Labute approximate surface area is 179 Å². The number of H-pyrrole nitrogens is 1. The van der Waals surface area contributed by atoms with Crippen molar-refractivity contribution < 1.29 is 4.39 Å². The van der Waals surface area contributed by atoms with E-state index in [-0.39, 0.29) is 11.4 Å². The number of hydrogen-bond acceptors (Lipinski definition) is 5. The van der Waals surface area contributed by atoms with E-state index in [0.717, 1.165) is 64.9 Å². The van der Waals surface area contributed by atoms with Gasteiger partial charge in [-0.25, -0.2) is 14.4 Å². The van der Waals surface area contributed by atoms with Crippen LogP contribution < -0.4 is 5.56 Å². The summed E-state index contributed by atoms with van der Waals surface area (Å²) in [7, 11) is 0.